The Labute approximate surface area is 170 Å². The average Bonchev–Trinajstić information content (AvgIpc) is 3.38. The first kappa shape index (κ1) is 18.8. The van der Waals surface area contributed by atoms with Crippen LogP contribution in [0.15, 0.2) is 48.6 Å². The summed E-state index contributed by atoms with van der Waals surface area (Å²) in [6.45, 7) is 6.44. The van der Waals surface area contributed by atoms with Gasteiger partial charge in [-0.25, -0.2) is 19.6 Å². The lowest BCUT2D eigenvalue weighted by Gasteiger charge is -2.18. The van der Waals surface area contributed by atoms with E-state index in [4.69, 9.17) is 0 Å². The molecule has 1 amide bonds. The van der Waals surface area contributed by atoms with Crippen molar-refractivity contribution in [1.82, 2.24) is 34.9 Å². The van der Waals surface area contributed by atoms with Gasteiger partial charge in [0.15, 0.2) is 10.8 Å². The van der Waals surface area contributed by atoms with Gasteiger partial charge in [0.2, 0.25) is 0 Å². The molecular formula is C19H18N8OS. The molecule has 29 heavy (non-hydrogen) atoms. The zero-order chi connectivity index (χ0) is 20.4. The van der Waals surface area contributed by atoms with E-state index >= 15 is 0 Å². The summed E-state index contributed by atoms with van der Waals surface area (Å²) in [5.74, 6) is -0.379. The smallest absolute Gasteiger partial charge is 0.277 e. The van der Waals surface area contributed by atoms with Crippen LogP contribution in [0.4, 0.5) is 5.13 Å². The van der Waals surface area contributed by atoms with Crippen molar-refractivity contribution in [1.29, 1.82) is 0 Å². The third kappa shape index (κ3) is 4.02. The number of nitrogens with one attached hydrogen (secondary N) is 1. The van der Waals surface area contributed by atoms with Gasteiger partial charge in [0.05, 0.1) is 24.3 Å². The minimum atomic E-state index is -0.379. The highest BCUT2D eigenvalue weighted by atomic mass is 32.1. The van der Waals surface area contributed by atoms with Gasteiger partial charge in [-0.15, -0.1) is 16.4 Å². The van der Waals surface area contributed by atoms with Crippen LogP contribution in [0.5, 0.6) is 0 Å². The fourth-order valence-electron chi connectivity index (χ4n) is 2.63. The second kappa shape index (κ2) is 7.47. The summed E-state index contributed by atoms with van der Waals surface area (Å²) in [6.07, 6.45) is 7.66. The van der Waals surface area contributed by atoms with Crippen molar-refractivity contribution in [2.45, 2.75) is 26.2 Å². The van der Waals surface area contributed by atoms with Gasteiger partial charge in [0.25, 0.3) is 5.91 Å². The zero-order valence-electron chi connectivity index (χ0n) is 16.1. The van der Waals surface area contributed by atoms with E-state index in [1.807, 2.05) is 17.5 Å². The summed E-state index contributed by atoms with van der Waals surface area (Å²) in [6, 6.07) is 4.02. The monoisotopic (exact) mass is 406 g/mol. The van der Waals surface area contributed by atoms with Crippen molar-refractivity contribution in [3.8, 4) is 17.1 Å². The van der Waals surface area contributed by atoms with Crippen molar-refractivity contribution in [2.75, 3.05) is 5.32 Å². The van der Waals surface area contributed by atoms with Gasteiger partial charge in [0.1, 0.15) is 17.7 Å². The minimum absolute atomic E-state index is 0.0112. The van der Waals surface area contributed by atoms with E-state index in [0.29, 0.717) is 16.5 Å². The Bertz CT molecular complexity index is 1150. The molecule has 0 bridgehead atoms. The van der Waals surface area contributed by atoms with Crippen LogP contribution in [0.1, 0.15) is 36.8 Å². The molecule has 0 aliphatic carbocycles. The molecule has 0 aromatic carbocycles. The number of nitrogens with zero attached hydrogens (tertiary/aromatic N) is 7. The zero-order valence-corrected chi connectivity index (χ0v) is 16.9. The molecule has 1 N–H and O–H groups in total. The van der Waals surface area contributed by atoms with Gasteiger partial charge < -0.3 is 0 Å². The van der Waals surface area contributed by atoms with Crippen molar-refractivity contribution in [2.24, 2.45) is 0 Å². The highest BCUT2D eigenvalue weighted by Crippen LogP contribution is 2.28. The van der Waals surface area contributed by atoms with E-state index in [2.05, 4.69) is 56.3 Å². The maximum Gasteiger partial charge on any atom is 0.277 e. The van der Waals surface area contributed by atoms with Crippen LogP contribution in [0.2, 0.25) is 0 Å². The first-order valence-electron chi connectivity index (χ1n) is 8.82. The molecule has 0 atom stereocenters. The Morgan fingerprint density at radius 3 is 2.69 bits per heavy atom. The number of rotatable bonds is 4. The molecule has 4 aromatic rings. The van der Waals surface area contributed by atoms with Gasteiger partial charge >= 0.3 is 0 Å². The number of thiazole rings is 1. The van der Waals surface area contributed by atoms with Gasteiger partial charge in [-0.2, -0.15) is 0 Å². The van der Waals surface area contributed by atoms with Crippen molar-refractivity contribution < 1.29 is 4.79 Å². The highest BCUT2D eigenvalue weighted by molar-refractivity contribution is 7.14. The Morgan fingerprint density at radius 2 is 1.93 bits per heavy atom. The van der Waals surface area contributed by atoms with Crippen LogP contribution in [-0.2, 0) is 5.41 Å². The van der Waals surface area contributed by atoms with Gasteiger partial charge in [-0.05, 0) is 23.1 Å². The number of carbonyl (C=O) groups is 1. The molecule has 0 saturated carbocycles. The number of pyridine rings is 1. The van der Waals surface area contributed by atoms with Crippen LogP contribution >= 0.6 is 11.3 Å². The lowest BCUT2D eigenvalue weighted by Crippen LogP contribution is -2.17. The van der Waals surface area contributed by atoms with E-state index in [1.54, 1.807) is 18.6 Å². The van der Waals surface area contributed by atoms with Gasteiger partial charge in [0, 0.05) is 11.6 Å². The minimum Gasteiger partial charge on any atom is -0.296 e. The average molecular weight is 406 g/mol. The lowest BCUT2D eigenvalue weighted by molar-refractivity contribution is 0.101. The van der Waals surface area contributed by atoms with Crippen molar-refractivity contribution >= 4 is 22.4 Å². The molecule has 0 spiro atoms. The fourth-order valence-corrected chi connectivity index (χ4v) is 3.33. The second-order valence-corrected chi connectivity index (χ2v) is 8.16. The van der Waals surface area contributed by atoms with E-state index in [1.165, 1.54) is 34.1 Å². The largest absolute Gasteiger partial charge is 0.296 e. The summed E-state index contributed by atoms with van der Waals surface area (Å²) < 4.78 is 1.37. The van der Waals surface area contributed by atoms with Crippen LogP contribution in [0.25, 0.3) is 17.1 Å². The summed E-state index contributed by atoms with van der Waals surface area (Å²) in [5.41, 5.74) is 3.45. The molecule has 0 aliphatic heterocycles. The molecule has 0 fully saturated rings. The quantitative estimate of drug-likeness (QED) is 0.554. The van der Waals surface area contributed by atoms with Crippen molar-refractivity contribution in [3.63, 3.8) is 0 Å². The predicted molar refractivity (Wildman–Crippen MR) is 109 cm³/mol. The van der Waals surface area contributed by atoms with E-state index < -0.39 is 0 Å². The maximum atomic E-state index is 12.7. The molecule has 9 nitrogen and oxygen atoms in total. The summed E-state index contributed by atoms with van der Waals surface area (Å²) in [7, 11) is 0. The molecule has 0 saturated heterocycles. The molecule has 0 unspecified atom stereocenters. The first-order chi connectivity index (χ1) is 13.9. The molecule has 4 aromatic heterocycles. The second-order valence-electron chi connectivity index (χ2n) is 7.30. The van der Waals surface area contributed by atoms with Crippen LogP contribution < -0.4 is 5.32 Å². The third-order valence-electron chi connectivity index (χ3n) is 4.19. The number of hydrogen-bond donors (Lipinski definition) is 1. The Kier molecular flexibility index (Phi) is 4.85. The molecule has 10 heteroatoms. The standard InChI is InChI=1S/C19H18N8OS/c1-19(2,3)12-4-5-22-14(6-12)15-10-29-18(24-15)25-17(28)16-9-23-26-27(16)13-7-20-11-21-8-13/h4-11H,1-3H3,(H,24,25,28). The number of amides is 1. The first-order valence-corrected chi connectivity index (χ1v) is 9.69. The topological polar surface area (TPSA) is 111 Å². The number of carbonyl (C=O) groups excluding carboxylic acids is 1. The molecule has 4 heterocycles. The molecule has 0 radical (unpaired) electrons. The molecular weight excluding hydrogens is 388 g/mol. The van der Waals surface area contributed by atoms with Crippen LogP contribution in [0, 0.1) is 0 Å². The Morgan fingerprint density at radius 1 is 1.14 bits per heavy atom. The van der Waals surface area contributed by atoms with E-state index in [9.17, 15) is 4.79 Å². The van der Waals surface area contributed by atoms with E-state index in [-0.39, 0.29) is 17.0 Å². The fraction of sp³-hybridized carbons (Fsp3) is 0.211. The number of hydrogen-bond acceptors (Lipinski definition) is 8. The van der Waals surface area contributed by atoms with Crippen LogP contribution in [-0.4, -0.2) is 40.8 Å². The number of aromatic nitrogens is 7. The Hall–Kier alpha value is -3.53. The summed E-state index contributed by atoms with van der Waals surface area (Å²) >= 11 is 1.33. The van der Waals surface area contributed by atoms with Crippen molar-refractivity contribution in [3.05, 3.63) is 59.9 Å². The van der Waals surface area contributed by atoms with E-state index in [0.717, 1.165) is 5.69 Å². The number of anilines is 1. The third-order valence-corrected chi connectivity index (χ3v) is 4.94. The molecule has 4 rings (SSSR count). The summed E-state index contributed by atoms with van der Waals surface area (Å²) in [5, 5.41) is 12.9. The highest BCUT2D eigenvalue weighted by Gasteiger charge is 2.18. The van der Waals surface area contributed by atoms with Gasteiger partial charge in [-0.3, -0.25) is 15.1 Å². The van der Waals surface area contributed by atoms with Crippen LogP contribution in [0.3, 0.4) is 0 Å². The van der Waals surface area contributed by atoms with Gasteiger partial charge in [-0.1, -0.05) is 26.0 Å². The lowest BCUT2D eigenvalue weighted by atomic mass is 9.87. The summed E-state index contributed by atoms with van der Waals surface area (Å²) in [4.78, 5) is 29.5. The SMILES string of the molecule is CC(C)(C)c1ccnc(-c2csc(NC(=O)c3cnnn3-c3cncnc3)n2)c1. The molecule has 0 aliphatic rings. The maximum absolute atomic E-state index is 12.7. The normalized spacial score (nSPS) is 11.4. The Balaban J connectivity index is 1.55. The predicted octanol–water partition coefficient (Wildman–Crippen LogP) is 3.13. The molecule has 146 valence electrons.